The molecule has 1 saturated heterocycles. The average Bonchev–Trinajstić information content (AvgIpc) is 2.84. The van der Waals surface area contributed by atoms with Gasteiger partial charge in [-0.3, -0.25) is 4.79 Å². The Labute approximate surface area is 191 Å². The molecular weight excluding hydrogens is 396 g/mol. The van der Waals surface area contributed by atoms with Gasteiger partial charge in [-0.25, -0.2) is 0 Å². The van der Waals surface area contributed by atoms with Crippen molar-refractivity contribution in [1.29, 1.82) is 5.41 Å². The van der Waals surface area contributed by atoms with Crippen LogP contribution < -0.4 is 10.6 Å². The van der Waals surface area contributed by atoms with E-state index in [4.69, 9.17) is 11.1 Å². The van der Waals surface area contributed by atoms with Gasteiger partial charge in [0.15, 0.2) is 0 Å². The van der Waals surface area contributed by atoms with Crippen molar-refractivity contribution >= 4 is 23.4 Å². The Bertz CT molecular complexity index is 961. The molecule has 0 bridgehead atoms. The lowest BCUT2D eigenvalue weighted by Crippen LogP contribution is -2.42. The van der Waals surface area contributed by atoms with Crippen LogP contribution in [0.25, 0.3) is 5.57 Å². The molecule has 1 amide bonds. The number of anilines is 1. The number of nitrogens with zero attached hydrogens (tertiary/aromatic N) is 2. The van der Waals surface area contributed by atoms with Crippen molar-refractivity contribution in [3.05, 3.63) is 71.4 Å². The van der Waals surface area contributed by atoms with Crippen LogP contribution in [0, 0.1) is 11.3 Å². The molecule has 5 heteroatoms. The fourth-order valence-corrected chi connectivity index (χ4v) is 5.00. The number of piperidine rings is 1. The van der Waals surface area contributed by atoms with Crippen LogP contribution in [0.15, 0.2) is 54.7 Å². The highest BCUT2D eigenvalue weighted by Gasteiger charge is 2.26. The number of fused-ring (bicyclic) bond motifs is 1. The van der Waals surface area contributed by atoms with Crippen molar-refractivity contribution < 1.29 is 4.79 Å². The predicted octanol–water partition coefficient (Wildman–Crippen LogP) is 4.26. The zero-order valence-corrected chi connectivity index (χ0v) is 18.8. The molecule has 2 aliphatic rings. The Morgan fingerprint density at radius 3 is 2.59 bits per heavy atom. The van der Waals surface area contributed by atoms with E-state index in [0.29, 0.717) is 12.3 Å². The van der Waals surface area contributed by atoms with Crippen molar-refractivity contribution in [2.24, 2.45) is 11.7 Å². The third-order valence-electron chi connectivity index (χ3n) is 6.88. The topological polar surface area (TPSA) is 73.4 Å². The van der Waals surface area contributed by atoms with Gasteiger partial charge in [-0.05, 0) is 66.8 Å². The zero-order valence-electron chi connectivity index (χ0n) is 18.8. The summed E-state index contributed by atoms with van der Waals surface area (Å²) in [6, 6.07) is 16.7. The number of aryl methyl sites for hydroxylation is 2. The number of carbonyl (C=O) groups is 1. The van der Waals surface area contributed by atoms with Gasteiger partial charge in [0, 0.05) is 56.3 Å². The summed E-state index contributed by atoms with van der Waals surface area (Å²) in [4.78, 5) is 17.2. The lowest BCUT2D eigenvalue weighted by atomic mass is 9.92. The predicted molar refractivity (Wildman–Crippen MR) is 132 cm³/mol. The van der Waals surface area contributed by atoms with Crippen LogP contribution in [0.2, 0.25) is 0 Å². The second-order valence-corrected chi connectivity index (χ2v) is 8.97. The summed E-state index contributed by atoms with van der Waals surface area (Å²) in [6.07, 6.45) is 8.63. The summed E-state index contributed by atoms with van der Waals surface area (Å²) in [5, 5.41) is 7.55. The Morgan fingerprint density at radius 2 is 1.88 bits per heavy atom. The van der Waals surface area contributed by atoms with Crippen molar-refractivity contribution in [3.8, 4) is 0 Å². The molecule has 0 atom stereocenters. The molecule has 0 aliphatic carbocycles. The first kappa shape index (κ1) is 22.1. The standard InChI is InChI=1S/C27H34N4O/c28-18-25(19-29)23-9-10-26-24(17-23)7-4-14-31(26)20-22-12-15-30(16-13-22)27(32)11-8-21-5-2-1-3-6-21/h1-3,5-6,9-10,17-19,22,28H,4,7-8,11-16,20,29H2/b25-19+,28-18?. The van der Waals surface area contributed by atoms with Gasteiger partial charge in [0.25, 0.3) is 0 Å². The molecule has 2 aliphatic heterocycles. The molecule has 1 fully saturated rings. The van der Waals surface area contributed by atoms with Crippen LogP contribution in [-0.4, -0.2) is 43.2 Å². The van der Waals surface area contributed by atoms with Gasteiger partial charge >= 0.3 is 0 Å². The van der Waals surface area contributed by atoms with E-state index in [2.05, 4.69) is 40.1 Å². The molecule has 5 nitrogen and oxygen atoms in total. The van der Waals surface area contributed by atoms with E-state index in [0.717, 1.165) is 69.4 Å². The minimum Gasteiger partial charge on any atom is -0.404 e. The van der Waals surface area contributed by atoms with Crippen molar-refractivity contribution in [2.45, 2.75) is 38.5 Å². The fourth-order valence-electron chi connectivity index (χ4n) is 5.00. The quantitative estimate of drug-likeness (QED) is 0.645. The Hall–Kier alpha value is -3.08. The lowest BCUT2D eigenvalue weighted by molar-refractivity contribution is -0.132. The van der Waals surface area contributed by atoms with E-state index >= 15 is 0 Å². The summed E-state index contributed by atoms with van der Waals surface area (Å²) in [5.74, 6) is 0.915. The van der Waals surface area contributed by atoms with E-state index in [1.807, 2.05) is 18.2 Å². The highest BCUT2D eigenvalue weighted by molar-refractivity contribution is 6.08. The van der Waals surface area contributed by atoms with Crippen molar-refractivity contribution in [1.82, 2.24) is 4.90 Å². The van der Waals surface area contributed by atoms with Crippen molar-refractivity contribution in [3.63, 3.8) is 0 Å². The summed E-state index contributed by atoms with van der Waals surface area (Å²) < 4.78 is 0. The number of nitrogens with two attached hydrogens (primary N) is 1. The average molecular weight is 431 g/mol. The van der Waals surface area contributed by atoms with E-state index in [1.165, 1.54) is 29.2 Å². The minimum atomic E-state index is 0.290. The van der Waals surface area contributed by atoms with Gasteiger partial charge in [-0.1, -0.05) is 36.4 Å². The molecule has 0 saturated carbocycles. The number of hydrogen-bond donors (Lipinski definition) is 2. The maximum absolute atomic E-state index is 12.7. The summed E-state index contributed by atoms with van der Waals surface area (Å²) >= 11 is 0. The third-order valence-corrected chi connectivity index (χ3v) is 6.88. The lowest BCUT2D eigenvalue weighted by Gasteiger charge is -2.38. The molecule has 168 valence electrons. The number of benzene rings is 2. The van der Waals surface area contributed by atoms with E-state index in [-0.39, 0.29) is 5.91 Å². The van der Waals surface area contributed by atoms with Crippen LogP contribution in [0.5, 0.6) is 0 Å². The highest BCUT2D eigenvalue weighted by atomic mass is 16.2. The van der Waals surface area contributed by atoms with E-state index in [9.17, 15) is 4.79 Å². The largest absolute Gasteiger partial charge is 0.404 e. The minimum absolute atomic E-state index is 0.290. The summed E-state index contributed by atoms with van der Waals surface area (Å²) in [5.41, 5.74) is 11.4. The smallest absolute Gasteiger partial charge is 0.222 e. The number of allylic oxidation sites excluding steroid dienone is 1. The third kappa shape index (κ3) is 5.21. The second-order valence-electron chi connectivity index (χ2n) is 8.97. The van der Waals surface area contributed by atoms with Crippen LogP contribution in [0.1, 0.15) is 42.4 Å². The first-order chi connectivity index (χ1) is 15.7. The Morgan fingerprint density at radius 1 is 1.09 bits per heavy atom. The molecule has 32 heavy (non-hydrogen) atoms. The van der Waals surface area contributed by atoms with E-state index in [1.54, 1.807) is 0 Å². The molecule has 3 N–H and O–H groups in total. The van der Waals surface area contributed by atoms with Crippen LogP contribution in [0.3, 0.4) is 0 Å². The van der Waals surface area contributed by atoms with Crippen LogP contribution in [-0.2, 0) is 17.6 Å². The molecule has 4 rings (SSSR count). The molecular formula is C27H34N4O. The Kier molecular flexibility index (Phi) is 7.25. The van der Waals surface area contributed by atoms with Crippen LogP contribution in [0.4, 0.5) is 5.69 Å². The van der Waals surface area contributed by atoms with E-state index < -0.39 is 0 Å². The number of carbonyl (C=O) groups excluding carboxylic acids is 1. The second kappa shape index (κ2) is 10.5. The summed E-state index contributed by atoms with van der Waals surface area (Å²) in [7, 11) is 0. The number of nitrogens with one attached hydrogen (secondary N) is 1. The molecule has 0 spiro atoms. The molecule has 2 aromatic carbocycles. The number of hydrogen-bond acceptors (Lipinski definition) is 4. The van der Waals surface area contributed by atoms with Gasteiger partial charge in [0.05, 0.1) is 0 Å². The maximum atomic E-state index is 12.7. The van der Waals surface area contributed by atoms with Gasteiger partial charge in [-0.2, -0.15) is 0 Å². The van der Waals surface area contributed by atoms with Crippen LogP contribution >= 0.6 is 0 Å². The number of amides is 1. The maximum Gasteiger partial charge on any atom is 0.222 e. The fraction of sp³-hybridized carbons (Fsp3) is 0.407. The highest BCUT2D eigenvalue weighted by Crippen LogP contribution is 2.31. The summed E-state index contributed by atoms with van der Waals surface area (Å²) in [6.45, 7) is 3.90. The van der Waals surface area contributed by atoms with Gasteiger partial charge < -0.3 is 20.9 Å². The molecule has 0 aromatic heterocycles. The van der Waals surface area contributed by atoms with Crippen molar-refractivity contribution in [2.75, 3.05) is 31.1 Å². The monoisotopic (exact) mass is 430 g/mol. The van der Waals surface area contributed by atoms with Gasteiger partial charge in [0.2, 0.25) is 5.91 Å². The zero-order chi connectivity index (χ0) is 22.3. The SMILES string of the molecule is N=C/C(=C\N)c1ccc2c(c1)CCCN2CC1CCN(C(=O)CCc2ccccc2)CC1. The molecule has 2 aromatic rings. The number of rotatable bonds is 7. The normalized spacial score (nSPS) is 17.2. The molecule has 0 radical (unpaired) electrons. The van der Waals surface area contributed by atoms with Gasteiger partial charge in [-0.15, -0.1) is 0 Å². The Balaban J connectivity index is 1.30. The van der Waals surface area contributed by atoms with Gasteiger partial charge in [0.1, 0.15) is 0 Å². The molecule has 2 heterocycles. The number of likely N-dealkylation sites (tertiary alicyclic amines) is 1. The molecule has 0 unspecified atom stereocenters. The first-order valence-electron chi connectivity index (χ1n) is 11.8. The first-order valence-corrected chi connectivity index (χ1v) is 11.8.